The zero-order chi connectivity index (χ0) is 7.68. The predicted molar refractivity (Wildman–Crippen MR) is 39.2 cm³/mol. The molecular formula is C8H5N2Rh. The van der Waals surface area contributed by atoms with Gasteiger partial charge in [-0.1, -0.05) is 0 Å². The first-order valence-corrected chi connectivity index (χ1v) is 4.02. The predicted octanol–water partition coefficient (Wildman–Crippen LogP) is 0.802. The van der Waals surface area contributed by atoms with Gasteiger partial charge in [-0.2, -0.15) is 0 Å². The molecule has 1 aromatic heterocycles. The Morgan fingerprint density at radius 1 is 1.27 bits per heavy atom. The topological polar surface area (TPSA) is 25.8 Å². The average molecular weight is 232 g/mol. The molecule has 0 spiro atoms. The Kier molecular flexibility index (Phi) is 1.67. The Bertz CT molecular complexity index is 381. The average Bonchev–Trinajstić information content (AvgIpc) is 2.06. The van der Waals surface area contributed by atoms with Gasteiger partial charge >= 0.3 is 74.1 Å². The molecule has 1 heterocycles. The van der Waals surface area contributed by atoms with E-state index in [9.17, 15) is 0 Å². The maximum atomic E-state index is 4.14. The molecule has 0 amide bonds. The Balaban J connectivity index is 2.91. The Hall–Kier alpha value is -0.817. The van der Waals surface area contributed by atoms with Crippen LogP contribution >= 0.6 is 0 Å². The Morgan fingerprint density at radius 2 is 2.18 bits per heavy atom. The summed E-state index contributed by atoms with van der Waals surface area (Å²) in [6, 6.07) is 5.99. The minimum absolute atomic E-state index is 0.995. The Morgan fingerprint density at radius 3 is 3.00 bits per heavy atom. The number of hydrogen-bond acceptors (Lipinski definition) is 2. The molecule has 2 nitrogen and oxygen atoms in total. The number of nitrogens with zero attached hydrogens (tertiary/aromatic N) is 2. The molecule has 56 valence electrons. The van der Waals surface area contributed by atoms with Gasteiger partial charge in [0.2, 0.25) is 0 Å². The molecule has 1 aromatic carbocycles. The third-order valence-corrected chi connectivity index (χ3v) is 2.13. The van der Waals surface area contributed by atoms with E-state index < -0.39 is 0 Å². The van der Waals surface area contributed by atoms with E-state index >= 15 is 0 Å². The quantitative estimate of drug-likeness (QED) is 0.628. The molecule has 3 heteroatoms. The molecule has 0 aliphatic rings. The van der Waals surface area contributed by atoms with Crippen LogP contribution in [0.25, 0.3) is 10.9 Å². The first-order valence-electron chi connectivity index (χ1n) is 3.20. The number of fused-ring (bicyclic) bond motifs is 1. The molecular weight excluding hydrogens is 227 g/mol. The standard InChI is InChI=1S/C8H5N2.Rh/c1-2-4-8-7(3-1)5-9-6-10-8;/h1-3,5-6H;. The normalized spacial score (nSPS) is 10.4. The van der Waals surface area contributed by atoms with Crippen molar-refractivity contribution in [1.29, 1.82) is 0 Å². The molecule has 0 aliphatic heterocycles. The van der Waals surface area contributed by atoms with Gasteiger partial charge in [0.15, 0.2) is 0 Å². The first kappa shape index (κ1) is 6.87. The SMILES string of the molecule is [Rh][c]1cccc2cncnc12. The number of rotatable bonds is 0. The van der Waals surface area contributed by atoms with E-state index in [0.29, 0.717) is 0 Å². The first-order chi connectivity index (χ1) is 5.38. The third-order valence-electron chi connectivity index (χ3n) is 1.47. The number of aromatic nitrogens is 2. The second-order valence-electron chi connectivity index (χ2n) is 2.18. The third kappa shape index (κ3) is 1.16. The van der Waals surface area contributed by atoms with E-state index in [2.05, 4.69) is 28.3 Å². The van der Waals surface area contributed by atoms with Crippen LogP contribution in [0.3, 0.4) is 0 Å². The van der Waals surface area contributed by atoms with Crippen molar-refractivity contribution >= 4 is 15.1 Å². The van der Waals surface area contributed by atoms with Crippen molar-refractivity contribution in [1.82, 2.24) is 9.97 Å². The second kappa shape index (κ2) is 2.67. The summed E-state index contributed by atoms with van der Waals surface area (Å²) in [5.41, 5.74) is 0.995. The molecule has 0 unspecified atom stereocenters. The zero-order valence-electron chi connectivity index (χ0n) is 5.61. The molecule has 0 fully saturated rings. The van der Waals surface area contributed by atoms with Crippen molar-refractivity contribution < 1.29 is 18.3 Å². The van der Waals surface area contributed by atoms with Gasteiger partial charge in [-0.25, -0.2) is 0 Å². The van der Waals surface area contributed by atoms with E-state index in [1.165, 1.54) is 0 Å². The van der Waals surface area contributed by atoms with Crippen molar-refractivity contribution in [2.24, 2.45) is 0 Å². The molecule has 0 aliphatic carbocycles. The van der Waals surface area contributed by atoms with Crippen LogP contribution in [-0.2, 0) is 18.3 Å². The van der Waals surface area contributed by atoms with Crippen LogP contribution in [0.15, 0.2) is 30.7 Å². The second-order valence-corrected chi connectivity index (χ2v) is 3.06. The van der Waals surface area contributed by atoms with Crippen LogP contribution in [-0.4, -0.2) is 9.97 Å². The molecule has 0 saturated carbocycles. The minimum atomic E-state index is 0.995. The molecule has 0 saturated heterocycles. The van der Waals surface area contributed by atoms with E-state index in [1.807, 2.05) is 24.4 Å². The van der Waals surface area contributed by atoms with E-state index in [4.69, 9.17) is 0 Å². The van der Waals surface area contributed by atoms with Gasteiger partial charge < -0.3 is 0 Å². The molecule has 0 bridgehead atoms. The zero-order valence-corrected chi connectivity index (χ0v) is 7.25. The van der Waals surface area contributed by atoms with Gasteiger partial charge in [0.05, 0.1) is 0 Å². The van der Waals surface area contributed by atoms with Gasteiger partial charge in [0, 0.05) is 0 Å². The van der Waals surface area contributed by atoms with E-state index in [-0.39, 0.29) is 0 Å². The van der Waals surface area contributed by atoms with E-state index in [1.54, 1.807) is 6.33 Å². The van der Waals surface area contributed by atoms with Crippen LogP contribution in [0.2, 0.25) is 0 Å². The summed E-state index contributed by atoms with van der Waals surface area (Å²) in [5.74, 6) is 0. The molecule has 0 N–H and O–H groups in total. The fraction of sp³-hybridized carbons (Fsp3) is 0. The summed E-state index contributed by atoms with van der Waals surface area (Å²) >= 11 is 2.85. The molecule has 2 rings (SSSR count). The van der Waals surface area contributed by atoms with Crippen LogP contribution in [0.4, 0.5) is 0 Å². The molecule has 2 aromatic rings. The van der Waals surface area contributed by atoms with Crippen molar-refractivity contribution in [3.8, 4) is 0 Å². The van der Waals surface area contributed by atoms with Gasteiger partial charge in [-0.05, 0) is 0 Å². The van der Waals surface area contributed by atoms with Gasteiger partial charge in [-0.15, -0.1) is 0 Å². The van der Waals surface area contributed by atoms with Crippen LogP contribution in [0.1, 0.15) is 0 Å². The summed E-state index contributed by atoms with van der Waals surface area (Å²) in [7, 11) is 0. The van der Waals surface area contributed by atoms with E-state index in [0.717, 1.165) is 15.1 Å². The van der Waals surface area contributed by atoms with Crippen molar-refractivity contribution in [3.63, 3.8) is 0 Å². The maximum absolute atomic E-state index is 4.14. The number of para-hydroxylation sites is 1. The van der Waals surface area contributed by atoms with Crippen molar-refractivity contribution in [2.45, 2.75) is 0 Å². The fourth-order valence-corrected chi connectivity index (χ4v) is 1.46. The monoisotopic (exact) mass is 232 g/mol. The van der Waals surface area contributed by atoms with Crippen LogP contribution in [0, 0.1) is 0 Å². The summed E-state index contributed by atoms with van der Waals surface area (Å²) in [6.45, 7) is 0. The fourth-order valence-electron chi connectivity index (χ4n) is 0.963. The van der Waals surface area contributed by atoms with Crippen LogP contribution < -0.4 is 4.16 Å². The molecule has 0 radical (unpaired) electrons. The van der Waals surface area contributed by atoms with Crippen molar-refractivity contribution in [3.05, 3.63) is 30.7 Å². The van der Waals surface area contributed by atoms with Crippen LogP contribution in [0.5, 0.6) is 0 Å². The van der Waals surface area contributed by atoms with Gasteiger partial charge in [-0.3, -0.25) is 0 Å². The van der Waals surface area contributed by atoms with Gasteiger partial charge in [0.25, 0.3) is 0 Å². The summed E-state index contributed by atoms with van der Waals surface area (Å²) in [4.78, 5) is 8.07. The Labute approximate surface area is 74.4 Å². The summed E-state index contributed by atoms with van der Waals surface area (Å²) in [6.07, 6.45) is 3.37. The van der Waals surface area contributed by atoms with Crippen molar-refractivity contribution in [2.75, 3.05) is 0 Å². The van der Waals surface area contributed by atoms with Gasteiger partial charge in [0.1, 0.15) is 0 Å². The molecule has 0 atom stereocenters. The summed E-state index contributed by atoms with van der Waals surface area (Å²) in [5, 5.41) is 1.08. The number of benzene rings is 1. The summed E-state index contributed by atoms with van der Waals surface area (Å²) < 4.78 is 1.09. The number of hydrogen-bond donors (Lipinski definition) is 0. The molecule has 11 heavy (non-hydrogen) atoms.